The van der Waals surface area contributed by atoms with Crippen molar-refractivity contribution >= 4 is 28.6 Å². The average Bonchev–Trinajstić information content (AvgIpc) is 2.42. The molecule has 0 unspecified atom stereocenters. The first-order valence-corrected chi connectivity index (χ1v) is 7.77. The van der Waals surface area contributed by atoms with Crippen molar-refractivity contribution in [2.45, 2.75) is 39.0 Å². The molecule has 4 heteroatoms. The van der Waals surface area contributed by atoms with Gasteiger partial charge in [0.15, 0.2) is 0 Å². The van der Waals surface area contributed by atoms with Crippen molar-refractivity contribution in [1.29, 1.82) is 0 Å². The number of carbonyl (C=O) groups excluding carboxylic acids is 1. The van der Waals surface area contributed by atoms with Crippen LogP contribution in [0.2, 0.25) is 0 Å². The summed E-state index contributed by atoms with van der Waals surface area (Å²) in [5.74, 6) is 0.270. The number of benzene rings is 1. The van der Waals surface area contributed by atoms with Gasteiger partial charge in [-0.2, -0.15) is 0 Å². The molecule has 106 valence electrons. The molecule has 1 aromatic rings. The highest BCUT2D eigenvalue weighted by molar-refractivity contribution is 14.1. The Balaban J connectivity index is 2.51. The predicted octanol–water partition coefficient (Wildman–Crippen LogP) is 4.43. The number of carbonyl (C=O) groups is 1. The second kappa shape index (κ2) is 9.18. The van der Waals surface area contributed by atoms with Gasteiger partial charge in [-0.25, -0.2) is 4.79 Å². The Morgan fingerprint density at radius 2 is 1.95 bits per heavy atom. The Kier molecular flexibility index (Phi) is 7.86. The fourth-order valence-corrected chi connectivity index (χ4v) is 2.24. The van der Waals surface area contributed by atoms with Crippen LogP contribution in [0.15, 0.2) is 18.2 Å². The van der Waals surface area contributed by atoms with Crippen molar-refractivity contribution in [3.8, 4) is 5.75 Å². The van der Waals surface area contributed by atoms with Gasteiger partial charge in [-0.3, -0.25) is 0 Å². The van der Waals surface area contributed by atoms with Crippen LogP contribution >= 0.6 is 22.6 Å². The summed E-state index contributed by atoms with van der Waals surface area (Å²) in [6, 6.07) is 5.50. The van der Waals surface area contributed by atoms with Gasteiger partial charge < -0.3 is 9.47 Å². The molecule has 3 nitrogen and oxygen atoms in total. The van der Waals surface area contributed by atoms with E-state index in [-0.39, 0.29) is 5.97 Å². The van der Waals surface area contributed by atoms with Gasteiger partial charge in [0.1, 0.15) is 11.3 Å². The van der Waals surface area contributed by atoms with Gasteiger partial charge in [-0.05, 0) is 47.2 Å². The molecule has 0 saturated carbocycles. The SMILES string of the molecule is CCCCCCCOc1cc(I)ccc1C(=O)OC. The first-order chi connectivity index (χ1) is 9.19. The minimum atomic E-state index is -0.350. The maximum absolute atomic E-state index is 11.6. The fourth-order valence-electron chi connectivity index (χ4n) is 1.78. The monoisotopic (exact) mass is 376 g/mol. The lowest BCUT2D eigenvalue weighted by molar-refractivity contribution is 0.0596. The van der Waals surface area contributed by atoms with Crippen LogP contribution in [0.1, 0.15) is 49.4 Å². The Morgan fingerprint density at radius 1 is 1.21 bits per heavy atom. The van der Waals surface area contributed by atoms with E-state index in [0.717, 1.165) is 9.99 Å². The normalized spacial score (nSPS) is 10.3. The van der Waals surface area contributed by atoms with Gasteiger partial charge in [0.25, 0.3) is 0 Å². The van der Waals surface area contributed by atoms with Crippen LogP contribution in [-0.4, -0.2) is 19.7 Å². The molecule has 0 aliphatic heterocycles. The van der Waals surface area contributed by atoms with E-state index < -0.39 is 0 Å². The van der Waals surface area contributed by atoms with Crippen molar-refractivity contribution in [1.82, 2.24) is 0 Å². The predicted molar refractivity (Wildman–Crippen MR) is 84.8 cm³/mol. The zero-order chi connectivity index (χ0) is 14.1. The zero-order valence-electron chi connectivity index (χ0n) is 11.6. The summed E-state index contributed by atoms with van der Waals surface area (Å²) in [6.45, 7) is 2.85. The van der Waals surface area contributed by atoms with Crippen molar-refractivity contribution < 1.29 is 14.3 Å². The van der Waals surface area contributed by atoms with E-state index in [1.54, 1.807) is 6.07 Å². The molecule has 0 aliphatic carbocycles. The second-order valence-electron chi connectivity index (χ2n) is 4.39. The van der Waals surface area contributed by atoms with E-state index >= 15 is 0 Å². The number of hydrogen-bond donors (Lipinski definition) is 0. The smallest absolute Gasteiger partial charge is 0.341 e. The van der Waals surface area contributed by atoms with Crippen molar-refractivity contribution in [2.75, 3.05) is 13.7 Å². The molecule has 0 radical (unpaired) electrons. The minimum Gasteiger partial charge on any atom is -0.493 e. The number of hydrogen-bond acceptors (Lipinski definition) is 3. The summed E-state index contributed by atoms with van der Waals surface area (Å²) in [6.07, 6.45) is 5.95. The molecule has 19 heavy (non-hydrogen) atoms. The molecule has 0 heterocycles. The topological polar surface area (TPSA) is 35.5 Å². The number of methoxy groups -OCH3 is 1. The number of unbranched alkanes of at least 4 members (excludes halogenated alkanes) is 4. The highest BCUT2D eigenvalue weighted by Gasteiger charge is 2.13. The van der Waals surface area contributed by atoms with Crippen LogP contribution in [0.25, 0.3) is 0 Å². The third-order valence-corrected chi connectivity index (χ3v) is 3.53. The molecule has 0 spiro atoms. The lowest BCUT2D eigenvalue weighted by Crippen LogP contribution is -2.07. The highest BCUT2D eigenvalue weighted by atomic mass is 127. The number of esters is 1. The quantitative estimate of drug-likeness (QED) is 0.383. The molecule has 0 fully saturated rings. The minimum absolute atomic E-state index is 0.350. The van der Waals surface area contributed by atoms with Crippen LogP contribution in [0.3, 0.4) is 0 Å². The third kappa shape index (κ3) is 5.80. The van der Waals surface area contributed by atoms with Gasteiger partial charge in [-0.1, -0.05) is 32.6 Å². The molecule has 1 rings (SSSR count). The van der Waals surface area contributed by atoms with Crippen molar-refractivity contribution in [3.05, 3.63) is 27.3 Å². The maximum atomic E-state index is 11.6. The number of halogens is 1. The number of rotatable bonds is 8. The molecule has 0 N–H and O–H groups in total. The molecule has 0 atom stereocenters. The second-order valence-corrected chi connectivity index (χ2v) is 5.64. The van der Waals surface area contributed by atoms with E-state index in [0.29, 0.717) is 17.9 Å². The summed E-state index contributed by atoms with van der Waals surface area (Å²) >= 11 is 2.20. The summed E-state index contributed by atoms with van der Waals surface area (Å²) in [7, 11) is 1.38. The largest absolute Gasteiger partial charge is 0.493 e. The van der Waals surface area contributed by atoms with Crippen LogP contribution in [0.5, 0.6) is 5.75 Å². The van der Waals surface area contributed by atoms with Crippen LogP contribution < -0.4 is 4.74 Å². The Morgan fingerprint density at radius 3 is 2.63 bits per heavy atom. The zero-order valence-corrected chi connectivity index (χ0v) is 13.7. The summed E-state index contributed by atoms with van der Waals surface area (Å²) in [5.41, 5.74) is 0.497. The molecular weight excluding hydrogens is 355 g/mol. The Hall–Kier alpha value is -0.780. The molecular formula is C15H21IO3. The number of ether oxygens (including phenoxy) is 2. The molecule has 0 aliphatic rings. The third-order valence-electron chi connectivity index (χ3n) is 2.85. The highest BCUT2D eigenvalue weighted by Crippen LogP contribution is 2.23. The van der Waals surface area contributed by atoms with Crippen molar-refractivity contribution in [3.63, 3.8) is 0 Å². The van der Waals surface area contributed by atoms with Crippen molar-refractivity contribution in [2.24, 2.45) is 0 Å². The summed E-state index contributed by atoms with van der Waals surface area (Å²) < 4.78 is 11.5. The first kappa shape index (κ1) is 16.3. The molecule has 1 aromatic carbocycles. The molecule has 0 saturated heterocycles. The van der Waals surface area contributed by atoms with Gasteiger partial charge in [0.05, 0.1) is 13.7 Å². The van der Waals surface area contributed by atoms with Crippen LogP contribution in [0, 0.1) is 3.57 Å². The summed E-state index contributed by atoms with van der Waals surface area (Å²) in [4.78, 5) is 11.6. The van der Waals surface area contributed by atoms with E-state index in [1.807, 2.05) is 12.1 Å². The van der Waals surface area contributed by atoms with Gasteiger partial charge in [0, 0.05) is 3.57 Å². The van der Waals surface area contributed by atoms with Gasteiger partial charge in [0.2, 0.25) is 0 Å². The van der Waals surface area contributed by atoms with Gasteiger partial charge >= 0.3 is 5.97 Å². The standard InChI is InChI=1S/C15H21IO3/c1-3-4-5-6-7-10-19-14-11-12(16)8-9-13(14)15(17)18-2/h8-9,11H,3-7,10H2,1-2H3. The van der Waals surface area contributed by atoms with Crippen LogP contribution in [0.4, 0.5) is 0 Å². The average molecular weight is 376 g/mol. The van der Waals surface area contributed by atoms with E-state index in [4.69, 9.17) is 9.47 Å². The lowest BCUT2D eigenvalue weighted by Gasteiger charge is -2.10. The van der Waals surface area contributed by atoms with E-state index in [1.165, 1.54) is 32.8 Å². The maximum Gasteiger partial charge on any atom is 0.341 e. The Labute approximate surface area is 128 Å². The molecule has 0 amide bonds. The van der Waals surface area contributed by atoms with Gasteiger partial charge in [-0.15, -0.1) is 0 Å². The van der Waals surface area contributed by atoms with Crippen LogP contribution in [-0.2, 0) is 4.74 Å². The molecule has 0 bridgehead atoms. The summed E-state index contributed by atoms with van der Waals surface area (Å²) in [5, 5.41) is 0. The lowest BCUT2D eigenvalue weighted by atomic mass is 10.1. The molecule has 0 aromatic heterocycles. The first-order valence-electron chi connectivity index (χ1n) is 6.69. The van der Waals surface area contributed by atoms with E-state index in [9.17, 15) is 4.79 Å². The fraction of sp³-hybridized carbons (Fsp3) is 0.533. The Bertz CT molecular complexity index is 404. The van der Waals surface area contributed by atoms with E-state index in [2.05, 4.69) is 29.5 Å².